The van der Waals surface area contributed by atoms with Gasteiger partial charge in [-0.25, -0.2) is 4.79 Å². The summed E-state index contributed by atoms with van der Waals surface area (Å²) in [6, 6.07) is 0. The topological polar surface area (TPSA) is 26.3 Å². The van der Waals surface area contributed by atoms with Crippen molar-refractivity contribution in [2.24, 2.45) is 11.3 Å². The van der Waals surface area contributed by atoms with Crippen molar-refractivity contribution in [2.75, 3.05) is 6.61 Å². The highest BCUT2D eigenvalue weighted by atomic mass is 32.1. The van der Waals surface area contributed by atoms with Gasteiger partial charge >= 0.3 is 5.97 Å². The molecule has 0 bridgehead atoms. The molecule has 17 heavy (non-hydrogen) atoms. The zero-order valence-electron chi connectivity index (χ0n) is 10.8. The number of rotatable bonds is 2. The van der Waals surface area contributed by atoms with E-state index in [4.69, 9.17) is 4.74 Å². The van der Waals surface area contributed by atoms with Crippen molar-refractivity contribution in [3.63, 3.8) is 0 Å². The molecule has 3 heteroatoms. The molecule has 1 aromatic heterocycles. The highest BCUT2D eigenvalue weighted by Gasteiger charge is 2.63. The Morgan fingerprint density at radius 1 is 1.53 bits per heavy atom. The second-order valence-electron chi connectivity index (χ2n) is 5.71. The lowest BCUT2D eigenvalue weighted by Gasteiger charge is -2.09. The molecule has 3 rings (SSSR count). The molecule has 1 aromatic rings. The van der Waals surface area contributed by atoms with Gasteiger partial charge in [-0.3, -0.25) is 0 Å². The summed E-state index contributed by atoms with van der Waals surface area (Å²) < 4.78 is 5.14. The molecule has 2 unspecified atom stereocenters. The van der Waals surface area contributed by atoms with Crippen LogP contribution in [0.4, 0.5) is 0 Å². The molecule has 2 nitrogen and oxygen atoms in total. The van der Waals surface area contributed by atoms with Crippen LogP contribution < -0.4 is 0 Å². The van der Waals surface area contributed by atoms with Crippen molar-refractivity contribution in [2.45, 2.75) is 40.0 Å². The molecular formula is C14H18O2S. The van der Waals surface area contributed by atoms with Crippen LogP contribution in [0.2, 0.25) is 0 Å². The Labute approximate surface area is 106 Å². The second-order valence-corrected chi connectivity index (χ2v) is 6.93. The fraction of sp³-hybridized carbons (Fsp3) is 0.643. The third-order valence-electron chi connectivity index (χ3n) is 4.48. The monoisotopic (exact) mass is 250 g/mol. The summed E-state index contributed by atoms with van der Waals surface area (Å²) in [4.78, 5) is 14.1. The number of esters is 1. The Balaban J connectivity index is 2.00. The molecule has 0 radical (unpaired) electrons. The first-order valence-corrected chi connectivity index (χ1v) is 7.09. The third-order valence-corrected chi connectivity index (χ3v) is 5.62. The van der Waals surface area contributed by atoms with Crippen LogP contribution in [0.15, 0.2) is 0 Å². The Hall–Kier alpha value is -0.830. The van der Waals surface area contributed by atoms with E-state index in [1.54, 1.807) is 11.3 Å². The predicted molar refractivity (Wildman–Crippen MR) is 68.7 cm³/mol. The Morgan fingerprint density at radius 3 is 2.88 bits per heavy atom. The standard InChI is InChI=1S/C14H18O2S/c1-5-16-13(15)12-8-6-9-11(14(9,3)4)10(8)7(2)17-12/h9,11H,5-6H2,1-4H3. The lowest BCUT2D eigenvalue weighted by molar-refractivity contribution is 0.0531. The van der Waals surface area contributed by atoms with Gasteiger partial charge in [0, 0.05) is 4.88 Å². The van der Waals surface area contributed by atoms with Gasteiger partial charge in [0.1, 0.15) is 4.88 Å². The smallest absolute Gasteiger partial charge is 0.348 e. The van der Waals surface area contributed by atoms with E-state index in [-0.39, 0.29) is 5.97 Å². The van der Waals surface area contributed by atoms with Crippen molar-refractivity contribution < 1.29 is 9.53 Å². The number of carbonyl (C=O) groups is 1. The molecule has 2 atom stereocenters. The highest BCUT2D eigenvalue weighted by Crippen LogP contribution is 2.71. The molecule has 0 aromatic carbocycles. The van der Waals surface area contributed by atoms with E-state index >= 15 is 0 Å². The van der Waals surface area contributed by atoms with Gasteiger partial charge in [0.05, 0.1) is 6.61 Å². The van der Waals surface area contributed by atoms with E-state index in [1.165, 1.54) is 16.0 Å². The van der Waals surface area contributed by atoms with E-state index in [0.29, 0.717) is 17.9 Å². The third kappa shape index (κ3) is 1.35. The Kier molecular flexibility index (Phi) is 2.22. The molecule has 0 spiro atoms. The summed E-state index contributed by atoms with van der Waals surface area (Å²) in [5.41, 5.74) is 3.21. The number of aryl methyl sites for hydroxylation is 1. The quantitative estimate of drug-likeness (QED) is 0.751. The van der Waals surface area contributed by atoms with Gasteiger partial charge in [-0.1, -0.05) is 13.8 Å². The normalized spacial score (nSPS) is 27.5. The minimum absolute atomic E-state index is 0.124. The first-order chi connectivity index (χ1) is 7.98. The Morgan fingerprint density at radius 2 is 2.24 bits per heavy atom. The van der Waals surface area contributed by atoms with Gasteiger partial charge in [-0.2, -0.15) is 0 Å². The minimum Gasteiger partial charge on any atom is -0.462 e. The van der Waals surface area contributed by atoms with Crippen LogP contribution in [0.1, 0.15) is 52.4 Å². The van der Waals surface area contributed by atoms with Crippen molar-refractivity contribution in [3.8, 4) is 0 Å². The number of carbonyl (C=O) groups excluding carboxylic acids is 1. The van der Waals surface area contributed by atoms with E-state index in [0.717, 1.165) is 17.2 Å². The summed E-state index contributed by atoms with van der Waals surface area (Å²) in [7, 11) is 0. The van der Waals surface area contributed by atoms with Crippen LogP contribution in [0.5, 0.6) is 0 Å². The first kappa shape index (κ1) is 11.3. The molecular weight excluding hydrogens is 232 g/mol. The zero-order valence-corrected chi connectivity index (χ0v) is 11.6. The molecule has 1 saturated carbocycles. The minimum atomic E-state index is -0.124. The van der Waals surface area contributed by atoms with Crippen molar-refractivity contribution in [1.29, 1.82) is 0 Å². The van der Waals surface area contributed by atoms with Gasteiger partial charge in [-0.05, 0) is 48.6 Å². The summed E-state index contributed by atoms with van der Waals surface area (Å²) in [6.07, 6.45) is 1.07. The number of thiophene rings is 1. The fourth-order valence-electron chi connectivity index (χ4n) is 3.49. The van der Waals surface area contributed by atoms with Crippen LogP contribution in [-0.4, -0.2) is 12.6 Å². The summed E-state index contributed by atoms with van der Waals surface area (Å²) in [5.74, 6) is 1.32. The van der Waals surface area contributed by atoms with Crippen molar-refractivity contribution >= 4 is 17.3 Å². The van der Waals surface area contributed by atoms with E-state index < -0.39 is 0 Å². The SMILES string of the molecule is CCOC(=O)c1sc(C)c2c1CC1C2C1(C)C. The fourth-order valence-corrected chi connectivity index (χ4v) is 4.62. The maximum absolute atomic E-state index is 11.9. The number of fused-ring (bicyclic) bond motifs is 3. The van der Waals surface area contributed by atoms with E-state index in [2.05, 4.69) is 20.8 Å². The summed E-state index contributed by atoms with van der Waals surface area (Å²) >= 11 is 1.62. The highest BCUT2D eigenvalue weighted by molar-refractivity contribution is 7.14. The van der Waals surface area contributed by atoms with Crippen LogP contribution >= 0.6 is 11.3 Å². The number of ether oxygens (including phenoxy) is 1. The molecule has 0 N–H and O–H groups in total. The van der Waals surface area contributed by atoms with Crippen molar-refractivity contribution in [1.82, 2.24) is 0 Å². The summed E-state index contributed by atoms with van der Waals surface area (Å²) in [6.45, 7) is 9.14. The molecule has 2 aliphatic carbocycles. The molecule has 1 heterocycles. The van der Waals surface area contributed by atoms with Gasteiger partial charge in [0.25, 0.3) is 0 Å². The zero-order chi connectivity index (χ0) is 12.4. The Bertz CT molecular complexity index is 499. The van der Waals surface area contributed by atoms with Crippen LogP contribution in [-0.2, 0) is 11.2 Å². The maximum atomic E-state index is 11.9. The lowest BCUT2D eigenvalue weighted by Crippen LogP contribution is -2.07. The molecule has 1 fully saturated rings. The molecule has 2 aliphatic rings. The van der Waals surface area contributed by atoms with Crippen LogP contribution in [0, 0.1) is 18.3 Å². The molecule has 92 valence electrons. The summed E-state index contributed by atoms with van der Waals surface area (Å²) in [5, 5.41) is 0. The second kappa shape index (κ2) is 3.35. The molecule has 0 amide bonds. The van der Waals surface area contributed by atoms with Gasteiger partial charge in [-0.15, -0.1) is 11.3 Å². The van der Waals surface area contributed by atoms with Crippen LogP contribution in [0.25, 0.3) is 0 Å². The van der Waals surface area contributed by atoms with Gasteiger partial charge in [0.2, 0.25) is 0 Å². The average Bonchev–Trinajstić information content (AvgIpc) is 2.66. The molecule has 0 aliphatic heterocycles. The first-order valence-electron chi connectivity index (χ1n) is 6.27. The predicted octanol–water partition coefficient (Wildman–Crippen LogP) is 3.53. The van der Waals surface area contributed by atoms with Gasteiger partial charge in [0.15, 0.2) is 0 Å². The largest absolute Gasteiger partial charge is 0.462 e. The number of hydrogen-bond donors (Lipinski definition) is 0. The van der Waals surface area contributed by atoms with E-state index in [9.17, 15) is 4.79 Å². The van der Waals surface area contributed by atoms with E-state index in [1.807, 2.05) is 6.92 Å². The van der Waals surface area contributed by atoms with Gasteiger partial charge < -0.3 is 4.74 Å². The average molecular weight is 250 g/mol. The lowest BCUT2D eigenvalue weighted by atomic mass is 9.95. The maximum Gasteiger partial charge on any atom is 0.348 e. The molecule has 0 saturated heterocycles. The number of hydrogen-bond acceptors (Lipinski definition) is 3. The van der Waals surface area contributed by atoms with Crippen LogP contribution in [0.3, 0.4) is 0 Å². The van der Waals surface area contributed by atoms with Crippen molar-refractivity contribution in [3.05, 3.63) is 20.9 Å².